The molecule has 4 rings (SSSR count). The van der Waals surface area contributed by atoms with Gasteiger partial charge in [0.15, 0.2) is 5.78 Å². The summed E-state index contributed by atoms with van der Waals surface area (Å²) >= 11 is 0. The lowest BCUT2D eigenvalue weighted by Crippen LogP contribution is -2.52. The van der Waals surface area contributed by atoms with E-state index in [0.29, 0.717) is 35.5 Å². The molecular formula is C21H28O2. The normalized spacial score (nSPS) is 48.7. The van der Waals surface area contributed by atoms with E-state index in [1.165, 1.54) is 37.7 Å². The number of terminal acetylenes is 1. The van der Waals surface area contributed by atoms with Gasteiger partial charge in [0, 0.05) is 17.8 Å². The molecule has 3 fully saturated rings. The van der Waals surface area contributed by atoms with Crippen LogP contribution in [0.3, 0.4) is 0 Å². The van der Waals surface area contributed by atoms with Crippen molar-refractivity contribution in [3.05, 3.63) is 11.6 Å². The van der Waals surface area contributed by atoms with Gasteiger partial charge in [-0.15, -0.1) is 12.3 Å². The number of hydrogen-bond donors (Lipinski definition) is 1. The molecular weight excluding hydrogens is 284 g/mol. The van der Waals surface area contributed by atoms with Crippen LogP contribution < -0.4 is 0 Å². The third-order valence-electron chi connectivity index (χ3n) is 8.17. The Bertz CT molecular complexity index is 597. The van der Waals surface area contributed by atoms with Crippen molar-refractivity contribution >= 4 is 5.78 Å². The van der Waals surface area contributed by atoms with Crippen LogP contribution in [0, 0.1) is 46.8 Å². The molecule has 124 valence electrons. The molecule has 0 heterocycles. The molecule has 4 aliphatic rings. The minimum atomic E-state index is -0.105. The lowest BCUT2D eigenvalue weighted by atomic mass is 9.46. The Hall–Kier alpha value is -1.07. The molecule has 0 radical (unpaired) electrons. The zero-order valence-electron chi connectivity index (χ0n) is 14.2. The van der Waals surface area contributed by atoms with Gasteiger partial charge in [0.2, 0.25) is 0 Å². The predicted molar refractivity (Wildman–Crippen MR) is 90.4 cm³/mol. The topological polar surface area (TPSA) is 37.3 Å². The summed E-state index contributed by atoms with van der Waals surface area (Å²) in [5.74, 6) is 5.72. The summed E-state index contributed by atoms with van der Waals surface area (Å²) in [5, 5.41) is 10.3. The van der Waals surface area contributed by atoms with Crippen LogP contribution in [0.5, 0.6) is 0 Å². The zero-order chi connectivity index (χ0) is 16.2. The van der Waals surface area contributed by atoms with Crippen LogP contribution in [0.4, 0.5) is 0 Å². The van der Waals surface area contributed by atoms with Crippen LogP contribution in [0.2, 0.25) is 0 Å². The number of fused-ring (bicyclic) bond motifs is 5. The third kappa shape index (κ3) is 1.96. The lowest BCUT2D eigenvalue weighted by Gasteiger charge is -2.58. The van der Waals surface area contributed by atoms with Crippen molar-refractivity contribution in [2.45, 2.75) is 58.3 Å². The van der Waals surface area contributed by atoms with Gasteiger partial charge in [0.1, 0.15) is 0 Å². The molecule has 0 bridgehead atoms. The molecule has 0 aliphatic heterocycles. The quantitative estimate of drug-likeness (QED) is 0.749. The summed E-state index contributed by atoms with van der Waals surface area (Å²) in [6.45, 7) is 2.64. The minimum absolute atomic E-state index is 0.105. The van der Waals surface area contributed by atoms with Crippen LogP contribution in [0.25, 0.3) is 0 Å². The van der Waals surface area contributed by atoms with Crippen molar-refractivity contribution in [2.75, 3.05) is 6.61 Å². The number of carbonyl (C=O) groups excluding carboxylic acids is 1. The second-order valence-electron chi connectivity index (χ2n) is 8.71. The number of carbonyl (C=O) groups is 1. The van der Waals surface area contributed by atoms with Crippen molar-refractivity contribution < 1.29 is 9.90 Å². The first kappa shape index (κ1) is 15.5. The second kappa shape index (κ2) is 5.21. The molecule has 4 aliphatic carbocycles. The average molecular weight is 312 g/mol. The Morgan fingerprint density at radius 1 is 1.22 bits per heavy atom. The van der Waals surface area contributed by atoms with Crippen molar-refractivity contribution in [1.29, 1.82) is 0 Å². The SMILES string of the molecule is C#CC1CCC2C3CCC4=CC(=O)CCC4(CO)C3CCC12C. The van der Waals surface area contributed by atoms with Crippen LogP contribution in [0.1, 0.15) is 58.3 Å². The third-order valence-corrected chi connectivity index (χ3v) is 8.17. The Balaban J connectivity index is 1.71. The first-order valence-corrected chi connectivity index (χ1v) is 9.36. The van der Waals surface area contributed by atoms with Gasteiger partial charge in [-0.25, -0.2) is 0 Å². The summed E-state index contributed by atoms with van der Waals surface area (Å²) in [6, 6.07) is 0. The van der Waals surface area contributed by atoms with E-state index < -0.39 is 0 Å². The molecule has 0 aromatic carbocycles. The van der Waals surface area contributed by atoms with E-state index in [-0.39, 0.29) is 17.8 Å². The van der Waals surface area contributed by atoms with E-state index in [2.05, 4.69) is 12.8 Å². The Labute approximate surface area is 139 Å². The van der Waals surface area contributed by atoms with E-state index >= 15 is 0 Å². The molecule has 6 atom stereocenters. The van der Waals surface area contributed by atoms with Crippen LogP contribution in [-0.4, -0.2) is 17.5 Å². The predicted octanol–water partition coefficient (Wildman–Crippen LogP) is 3.74. The Kier molecular flexibility index (Phi) is 3.50. The molecule has 0 saturated heterocycles. The average Bonchev–Trinajstić information content (AvgIpc) is 2.90. The smallest absolute Gasteiger partial charge is 0.155 e. The fourth-order valence-electron chi connectivity index (χ4n) is 6.93. The first-order chi connectivity index (χ1) is 11.0. The van der Waals surface area contributed by atoms with Gasteiger partial charge < -0.3 is 5.11 Å². The fraction of sp³-hybridized carbons (Fsp3) is 0.762. The van der Waals surface area contributed by atoms with Gasteiger partial charge in [-0.2, -0.15) is 0 Å². The molecule has 0 amide bonds. The molecule has 2 heteroatoms. The van der Waals surface area contributed by atoms with Crippen molar-refractivity contribution in [3.8, 4) is 12.3 Å². The maximum absolute atomic E-state index is 11.9. The molecule has 0 aromatic rings. The monoisotopic (exact) mass is 312 g/mol. The standard InChI is InChI=1S/C21H28O2/c1-3-14-5-7-18-17-6-4-15-12-16(23)8-11-21(15,13-22)19(17)9-10-20(14,18)2/h1,12,14,17-19,22H,4-11,13H2,2H3. The molecule has 0 spiro atoms. The van der Waals surface area contributed by atoms with Crippen molar-refractivity contribution in [3.63, 3.8) is 0 Å². The van der Waals surface area contributed by atoms with Crippen LogP contribution >= 0.6 is 0 Å². The molecule has 1 N–H and O–H groups in total. The van der Waals surface area contributed by atoms with Gasteiger partial charge >= 0.3 is 0 Å². The van der Waals surface area contributed by atoms with E-state index in [1.807, 2.05) is 6.08 Å². The molecule has 6 unspecified atom stereocenters. The molecule has 3 saturated carbocycles. The summed E-state index contributed by atoms with van der Waals surface area (Å²) in [6.07, 6.45) is 16.2. The van der Waals surface area contributed by atoms with Gasteiger partial charge in [0.05, 0.1) is 6.61 Å². The molecule has 2 nitrogen and oxygen atoms in total. The molecule has 23 heavy (non-hydrogen) atoms. The summed E-state index contributed by atoms with van der Waals surface area (Å²) < 4.78 is 0. The maximum Gasteiger partial charge on any atom is 0.155 e. The van der Waals surface area contributed by atoms with Crippen molar-refractivity contribution in [1.82, 2.24) is 0 Å². The van der Waals surface area contributed by atoms with Gasteiger partial charge in [0.25, 0.3) is 0 Å². The summed E-state index contributed by atoms with van der Waals surface area (Å²) in [5.41, 5.74) is 1.46. The Morgan fingerprint density at radius 2 is 2.04 bits per heavy atom. The van der Waals surface area contributed by atoms with E-state index in [4.69, 9.17) is 6.42 Å². The van der Waals surface area contributed by atoms with Gasteiger partial charge in [-0.05, 0) is 74.2 Å². The number of rotatable bonds is 1. The minimum Gasteiger partial charge on any atom is -0.395 e. The van der Waals surface area contributed by atoms with E-state index in [9.17, 15) is 9.90 Å². The number of aliphatic hydroxyl groups excluding tert-OH is 1. The first-order valence-electron chi connectivity index (χ1n) is 9.36. The number of ketones is 1. The van der Waals surface area contributed by atoms with E-state index in [1.54, 1.807) is 0 Å². The second-order valence-corrected chi connectivity index (χ2v) is 8.71. The summed E-state index contributed by atoms with van der Waals surface area (Å²) in [7, 11) is 0. The lowest BCUT2D eigenvalue weighted by molar-refractivity contribution is -0.119. The highest BCUT2D eigenvalue weighted by atomic mass is 16.3. The summed E-state index contributed by atoms with van der Waals surface area (Å²) in [4.78, 5) is 11.9. The number of hydrogen-bond acceptors (Lipinski definition) is 2. The highest BCUT2D eigenvalue weighted by Gasteiger charge is 2.59. The fourth-order valence-corrected chi connectivity index (χ4v) is 6.93. The zero-order valence-corrected chi connectivity index (χ0v) is 14.2. The highest BCUT2D eigenvalue weighted by Crippen LogP contribution is 2.66. The van der Waals surface area contributed by atoms with Crippen LogP contribution in [0.15, 0.2) is 11.6 Å². The Morgan fingerprint density at radius 3 is 2.78 bits per heavy atom. The highest BCUT2D eigenvalue weighted by molar-refractivity contribution is 5.91. The maximum atomic E-state index is 11.9. The largest absolute Gasteiger partial charge is 0.395 e. The number of aliphatic hydroxyl groups is 1. The van der Waals surface area contributed by atoms with Gasteiger partial charge in [-0.3, -0.25) is 4.79 Å². The van der Waals surface area contributed by atoms with Crippen LogP contribution in [-0.2, 0) is 4.79 Å². The van der Waals surface area contributed by atoms with Gasteiger partial charge in [-0.1, -0.05) is 12.5 Å². The van der Waals surface area contributed by atoms with E-state index in [0.717, 1.165) is 12.8 Å². The molecule has 0 aromatic heterocycles. The van der Waals surface area contributed by atoms with Crippen molar-refractivity contribution in [2.24, 2.45) is 34.5 Å².